The van der Waals surface area contributed by atoms with E-state index in [1.54, 1.807) is 24.2 Å². The smallest absolute Gasteiger partial charge is 0.257 e. The summed E-state index contributed by atoms with van der Waals surface area (Å²) in [7, 11) is 1.66. The van der Waals surface area contributed by atoms with Crippen LogP contribution in [0.1, 0.15) is 54.1 Å². The normalized spacial score (nSPS) is 22.2. The zero-order chi connectivity index (χ0) is 20.9. The summed E-state index contributed by atoms with van der Waals surface area (Å²) in [4.78, 5) is 24.8. The van der Waals surface area contributed by atoms with Crippen molar-refractivity contribution in [2.75, 3.05) is 13.7 Å². The van der Waals surface area contributed by atoms with Gasteiger partial charge in [0.25, 0.3) is 11.9 Å². The molecule has 0 radical (unpaired) electrons. The quantitative estimate of drug-likeness (QED) is 0.633. The Hall–Kier alpha value is -3.22. The first-order valence-corrected chi connectivity index (χ1v) is 11.1. The van der Waals surface area contributed by atoms with E-state index < -0.39 is 0 Å². The molecule has 31 heavy (non-hydrogen) atoms. The Morgan fingerprint density at radius 3 is 2.74 bits per heavy atom. The molecule has 7 heteroatoms. The number of ether oxygens (including phenoxy) is 1. The van der Waals surface area contributed by atoms with Crippen molar-refractivity contribution in [3.05, 3.63) is 54.0 Å². The Balaban J connectivity index is 1.39. The molecule has 1 saturated heterocycles. The molecule has 1 aromatic carbocycles. The van der Waals surface area contributed by atoms with Gasteiger partial charge in [0.2, 0.25) is 0 Å². The lowest BCUT2D eigenvalue weighted by Gasteiger charge is -2.27. The molecular formula is C24H25N5O2. The van der Waals surface area contributed by atoms with Crippen LogP contribution >= 0.6 is 0 Å². The maximum atomic E-state index is 13.4. The predicted molar refractivity (Wildman–Crippen MR) is 115 cm³/mol. The van der Waals surface area contributed by atoms with Crippen molar-refractivity contribution in [3.8, 4) is 23.0 Å². The van der Waals surface area contributed by atoms with Crippen LogP contribution in [0.2, 0.25) is 0 Å². The topological polar surface area (TPSA) is 73.1 Å². The van der Waals surface area contributed by atoms with Gasteiger partial charge >= 0.3 is 0 Å². The maximum Gasteiger partial charge on any atom is 0.257 e. The van der Waals surface area contributed by atoms with Crippen LogP contribution in [0.4, 0.5) is 0 Å². The monoisotopic (exact) mass is 415 g/mol. The summed E-state index contributed by atoms with van der Waals surface area (Å²) in [6.07, 6.45) is 9.15. The van der Waals surface area contributed by atoms with Crippen molar-refractivity contribution < 1.29 is 9.53 Å². The molecule has 7 nitrogen and oxygen atoms in total. The lowest BCUT2D eigenvalue weighted by Crippen LogP contribution is -2.38. The van der Waals surface area contributed by atoms with Crippen molar-refractivity contribution in [1.29, 1.82) is 0 Å². The number of likely N-dealkylation sites (tertiary alicyclic amines) is 1. The number of piperidine rings is 1. The SMILES string of the molecule is COc1ccccc1-c1ccnc(-n2ncc(C(=O)N3C[C@H]4CC[C@@H]3C4)c2C2CC2)n1. The second-order valence-electron chi connectivity index (χ2n) is 8.86. The molecule has 0 N–H and O–H groups in total. The van der Waals surface area contributed by atoms with Crippen molar-refractivity contribution in [3.63, 3.8) is 0 Å². The third-order valence-corrected chi connectivity index (χ3v) is 6.89. The summed E-state index contributed by atoms with van der Waals surface area (Å²) in [5.74, 6) is 2.40. The number of benzene rings is 1. The molecular weight excluding hydrogens is 390 g/mol. The number of methoxy groups -OCH3 is 1. The number of nitrogens with zero attached hydrogens (tertiary/aromatic N) is 5. The molecule has 3 heterocycles. The third-order valence-electron chi connectivity index (χ3n) is 6.89. The molecule has 1 aliphatic heterocycles. The van der Waals surface area contributed by atoms with Crippen LogP contribution in [0.3, 0.4) is 0 Å². The standard InChI is InChI=1S/C24H25N5O2/c1-31-21-5-3-2-4-18(21)20-10-11-25-24(27-20)29-22(16-7-8-16)19(13-26-29)23(30)28-14-15-6-9-17(28)12-15/h2-5,10-11,13,15-17H,6-9,12,14H2,1H3/t15-,17+/m0/s1. The Labute approximate surface area is 181 Å². The number of aromatic nitrogens is 4. The zero-order valence-electron chi connectivity index (χ0n) is 17.6. The second-order valence-corrected chi connectivity index (χ2v) is 8.86. The Morgan fingerprint density at radius 2 is 2.00 bits per heavy atom. The minimum absolute atomic E-state index is 0.126. The Bertz CT molecular complexity index is 1150. The molecule has 2 aromatic heterocycles. The molecule has 0 spiro atoms. The molecule has 2 saturated carbocycles. The van der Waals surface area contributed by atoms with Crippen LogP contribution in [0.5, 0.6) is 5.75 Å². The zero-order valence-corrected chi connectivity index (χ0v) is 17.6. The predicted octanol–water partition coefficient (Wildman–Crippen LogP) is 3.84. The second kappa shape index (κ2) is 7.18. The molecule has 3 aliphatic rings. The highest BCUT2D eigenvalue weighted by atomic mass is 16.5. The van der Waals surface area contributed by atoms with E-state index in [4.69, 9.17) is 9.72 Å². The summed E-state index contributed by atoms with van der Waals surface area (Å²) in [6.45, 7) is 0.887. The van der Waals surface area contributed by atoms with Crippen molar-refractivity contribution in [2.45, 2.75) is 44.1 Å². The molecule has 6 rings (SSSR count). The first-order valence-electron chi connectivity index (χ1n) is 11.1. The van der Waals surface area contributed by atoms with E-state index in [1.807, 2.05) is 30.3 Å². The van der Waals surface area contributed by atoms with Gasteiger partial charge in [0.05, 0.1) is 30.3 Å². The molecule has 1 amide bonds. The number of carbonyl (C=O) groups is 1. The number of hydrogen-bond acceptors (Lipinski definition) is 5. The summed E-state index contributed by atoms with van der Waals surface area (Å²) in [5.41, 5.74) is 3.36. The molecule has 2 aliphatic carbocycles. The van der Waals surface area contributed by atoms with Gasteiger partial charge in [-0.3, -0.25) is 4.79 Å². The molecule has 3 aromatic rings. The van der Waals surface area contributed by atoms with Crippen LogP contribution in [-0.4, -0.2) is 50.3 Å². The first kappa shape index (κ1) is 18.5. The van der Waals surface area contributed by atoms with Gasteiger partial charge in [-0.25, -0.2) is 14.6 Å². The first-order chi connectivity index (χ1) is 15.2. The van der Waals surface area contributed by atoms with Gasteiger partial charge in [-0.15, -0.1) is 0 Å². The number of fused-ring (bicyclic) bond motifs is 2. The average molecular weight is 415 g/mol. The highest BCUT2D eigenvalue weighted by molar-refractivity contribution is 5.96. The average Bonchev–Trinajstić information content (AvgIpc) is 3.23. The number of rotatable bonds is 5. The fourth-order valence-corrected chi connectivity index (χ4v) is 5.22. The molecule has 3 fully saturated rings. The van der Waals surface area contributed by atoms with E-state index in [0.717, 1.165) is 60.5 Å². The van der Waals surface area contributed by atoms with Crippen LogP contribution < -0.4 is 4.74 Å². The van der Waals surface area contributed by atoms with E-state index in [0.29, 0.717) is 23.8 Å². The van der Waals surface area contributed by atoms with Gasteiger partial charge in [-0.2, -0.15) is 5.10 Å². The van der Waals surface area contributed by atoms with Crippen molar-refractivity contribution >= 4 is 5.91 Å². The minimum atomic E-state index is 0.126. The molecule has 2 bridgehead atoms. The summed E-state index contributed by atoms with van der Waals surface area (Å²) >= 11 is 0. The number of carbonyl (C=O) groups excluding carboxylic acids is 1. The number of hydrogen-bond donors (Lipinski definition) is 0. The van der Waals surface area contributed by atoms with Gasteiger partial charge in [0.15, 0.2) is 0 Å². The highest BCUT2D eigenvalue weighted by Crippen LogP contribution is 2.44. The van der Waals surface area contributed by atoms with Gasteiger partial charge in [-0.1, -0.05) is 12.1 Å². The van der Waals surface area contributed by atoms with Gasteiger partial charge in [0, 0.05) is 30.3 Å². The van der Waals surface area contributed by atoms with Crippen LogP contribution in [-0.2, 0) is 0 Å². The van der Waals surface area contributed by atoms with Crippen molar-refractivity contribution in [2.24, 2.45) is 5.92 Å². The molecule has 2 atom stereocenters. The van der Waals surface area contributed by atoms with E-state index in [1.165, 1.54) is 6.42 Å². The van der Waals surface area contributed by atoms with Gasteiger partial charge < -0.3 is 9.64 Å². The van der Waals surface area contributed by atoms with E-state index in [2.05, 4.69) is 15.0 Å². The lowest BCUT2D eigenvalue weighted by molar-refractivity contribution is 0.0702. The van der Waals surface area contributed by atoms with E-state index in [9.17, 15) is 4.79 Å². The van der Waals surface area contributed by atoms with Crippen LogP contribution in [0.25, 0.3) is 17.2 Å². The third kappa shape index (κ3) is 3.10. The van der Waals surface area contributed by atoms with Crippen LogP contribution in [0, 0.1) is 5.92 Å². The van der Waals surface area contributed by atoms with Gasteiger partial charge in [0.1, 0.15) is 5.75 Å². The van der Waals surface area contributed by atoms with Crippen LogP contribution in [0.15, 0.2) is 42.7 Å². The Morgan fingerprint density at radius 1 is 1.13 bits per heavy atom. The van der Waals surface area contributed by atoms with E-state index >= 15 is 0 Å². The number of amides is 1. The number of para-hydroxylation sites is 1. The highest BCUT2D eigenvalue weighted by Gasteiger charge is 2.43. The maximum absolute atomic E-state index is 13.4. The summed E-state index contributed by atoms with van der Waals surface area (Å²) < 4.78 is 7.28. The van der Waals surface area contributed by atoms with Gasteiger partial charge in [-0.05, 0) is 56.2 Å². The van der Waals surface area contributed by atoms with Crippen molar-refractivity contribution in [1.82, 2.24) is 24.6 Å². The molecule has 0 unspecified atom stereocenters. The van der Waals surface area contributed by atoms with E-state index in [-0.39, 0.29) is 5.91 Å². The lowest BCUT2D eigenvalue weighted by atomic mass is 10.1. The fraction of sp³-hybridized carbons (Fsp3) is 0.417. The minimum Gasteiger partial charge on any atom is -0.496 e. The summed E-state index contributed by atoms with van der Waals surface area (Å²) in [5, 5.41) is 4.59. The largest absolute Gasteiger partial charge is 0.496 e. The Kier molecular flexibility index (Phi) is 4.30. The fourth-order valence-electron chi connectivity index (χ4n) is 5.22. The summed E-state index contributed by atoms with van der Waals surface area (Å²) in [6, 6.07) is 10.1. The molecule has 158 valence electrons.